The van der Waals surface area contributed by atoms with Crippen LogP contribution in [0.1, 0.15) is 105 Å². The molecule has 8 atom stereocenters. The van der Waals surface area contributed by atoms with Crippen molar-refractivity contribution >= 4 is 26.6 Å². The van der Waals surface area contributed by atoms with Crippen LogP contribution in [0.4, 0.5) is 4.79 Å². The van der Waals surface area contributed by atoms with Gasteiger partial charge in [-0.15, -0.1) is 0 Å². The van der Waals surface area contributed by atoms with Crippen LogP contribution in [0.2, 0.25) is 0 Å². The Kier molecular flexibility index (Phi) is 7.22. The monoisotopic (exact) mass is 540 g/mol. The lowest BCUT2D eigenvalue weighted by Crippen LogP contribution is -2.51. The summed E-state index contributed by atoms with van der Waals surface area (Å²) in [4.78, 5) is 11.5. The van der Waals surface area contributed by atoms with Gasteiger partial charge in [-0.1, -0.05) is 65.5 Å². The topological polar surface area (TPSA) is 26.3 Å². The molecule has 4 aliphatic rings. The zero-order chi connectivity index (χ0) is 22.4. The molecule has 0 spiro atoms. The van der Waals surface area contributed by atoms with E-state index in [1.165, 1.54) is 57.8 Å². The van der Waals surface area contributed by atoms with E-state index >= 15 is 0 Å². The number of halogens is 1. The van der Waals surface area contributed by atoms with Gasteiger partial charge >= 0.3 is 3.98 Å². The second-order valence-corrected chi connectivity index (χ2v) is 13.4. The highest BCUT2D eigenvalue weighted by Gasteiger charge is 2.59. The van der Waals surface area contributed by atoms with Crippen molar-refractivity contribution in [1.82, 2.24) is 0 Å². The third-order valence-corrected chi connectivity index (χ3v) is 10.8. The molecule has 0 aromatic heterocycles. The van der Waals surface area contributed by atoms with E-state index in [1.807, 2.05) is 0 Å². The summed E-state index contributed by atoms with van der Waals surface area (Å²) in [6.45, 7) is 12.5. The molecule has 0 N–H and O–H groups in total. The summed E-state index contributed by atoms with van der Waals surface area (Å²) < 4.78 is 5.46. The van der Waals surface area contributed by atoms with Gasteiger partial charge in [-0.05, 0) is 91.3 Å². The molecule has 0 aromatic rings. The minimum Gasteiger partial charge on any atom is -0.455 e. The van der Waals surface area contributed by atoms with E-state index in [0.29, 0.717) is 10.8 Å². The first-order valence-electron chi connectivity index (χ1n) is 13.2. The SMILES string of the molecule is CC(C)CCCC(C)[C@H]1CC[C@H]2[C@@H]3CC=C4C[C@@H](OC(=O)I)CC[C@]4(C)[C@H]3CC[C@]12C. The Morgan fingerprint density at radius 1 is 1.10 bits per heavy atom. The molecule has 176 valence electrons. The molecule has 2 nitrogen and oxygen atoms in total. The summed E-state index contributed by atoms with van der Waals surface area (Å²) in [5.74, 6) is 5.30. The molecule has 0 amide bonds. The Morgan fingerprint density at radius 3 is 2.58 bits per heavy atom. The Hall–Kier alpha value is -0.0600. The maximum absolute atomic E-state index is 11.5. The average Bonchev–Trinajstić information content (AvgIpc) is 3.05. The molecule has 0 aliphatic heterocycles. The summed E-state index contributed by atoms with van der Waals surface area (Å²) in [5, 5.41) is 0. The highest BCUT2D eigenvalue weighted by molar-refractivity contribution is 14.1. The quantitative estimate of drug-likeness (QED) is 0.191. The largest absolute Gasteiger partial charge is 0.455 e. The van der Waals surface area contributed by atoms with E-state index in [0.717, 1.165) is 48.3 Å². The van der Waals surface area contributed by atoms with Gasteiger partial charge in [0.25, 0.3) is 0 Å². The van der Waals surface area contributed by atoms with Gasteiger partial charge in [-0.3, -0.25) is 0 Å². The van der Waals surface area contributed by atoms with Crippen molar-refractivity contribution in [3.05, 3.63) is 11.6 Å². The van der Waals surface area contributed by atoms with Crippen LogP contribution in [0.15, 0.2) is 11.6 Å². The molecular weight excluding hydrogens is 495 g/mol. The number of hydrogen-bond acceptors (Lipinski definition) is 2. The van der Waals surface area contributed by atoms with E-state index in [-0.39, 0.29) is 10.1 Å². The van der Waals surface area contributed by atoms with Crippen LogP contribution in [0.3, 0.4) is 0 Å². The second-order valence-electron chi connectivity index (χ2n) is 12.5. The Morgan fingerprint density at radius 2 is 1.87 bits per heavy atom. The van der Waals surface area contributed by atoms with E-state index in [2.05, 4.69) is 40.7 Å². The summed E-state index contributed by atoms with van der Waals surface area (Å²) in [6, 6.07) is 0. The van der Waals surface area contributed by atoms with Crippen molar-refractivity contribution in [2.75, 3.05) is 0 Å². The van der Waals surface area contributed by atoms with Gasteiger partial charge in [-0.2, -0.15) is 0 Å². The van der Waals surface area contributed by atoms with E-state index in [9.17, 15) is 4.79 Å². The maximum atomic E-state index is 11.5. The first-order valence-corrected chi connectivity index (χ1v) is 14.3. The number of fused-ring (bicyclic) bond motifs is 5. The predicted molar refractivity (Wildman–Crippen MR) is 137 cm³/mol. The van der Waals surface area contributed by atoms with Crippen LogP contribution in [-0.4, -0.2) is 10.1 Å². The molecule has 0 aromatic carbocycles. The van der Waals surface area contributed by atoms with Crippen LogP contribution in [0, 0.1) is 46.3 Å². The fraction of sp³-hybridized carbons (Fsp3) is 0.893. The lowest BCUT2D eigenvalue weighted by molar-refractivity contribution is -0.0572. The maximum Gasteiger partial charge on any atom is 0.367 e. The lowest BCUT2D eigenvalue weighted by Gasteiger charge is -2.58. The lowest BCUT2D eigenvalue weighted by atomic mass is 9.47. The number of rotatable bonds is 6. The first kappa shape index (κ1) is 24.1. The molecule has 3 fully saturated rings. The smallest absolute Gasteiger partial charge is 0.367 e. The van der Waals surface area contributed by atoms with Crippen molar-refractivity contribution in [1.29, 1.82) is 0 Å². The standard InChI is InChI=1S/C28H45IO2/c1-18(2)7-6-8-19(3)23-11-12-24-22-10-9-20-17-21(31-26(29)30)13-15-27(20,4)25(22)14-16-28(23,24)5/h9,18-19,21-25H,6-8,10-17H2,1-5H3/t19?,21-,22-,23+,24-,25-,27-,28+/m0/s1. The highest BCUT2D eigenvalue weighted by atomic mass is 127. The van der Waals surface area contributed by atoms with Gasteiger partial charge in [0, 0.05) is 6.42 Å². The van der Waals surface area contributed by atoms with Crippen LogP contribution >= 0.6 is 22.6 Å². The molecule has 1 unspecified atom stereocenters. The number of ether oxygens (including phenoxy) is 1. The summed E-state index contributed by atoms with van der Waals surface area (Å²) >= 11 is 1.78. The summed E-state index contributed by atoms with van der Waals surface area (Å²) in [7, 11) is 0. The molecule has 0 radical (unpaired) electrons. The number of carbonyl (C=O) groups is 1. The normalized spacial score (nSPS) is 42.9. The Bertz CT molecular complexity index is 699. The third-order valence-electron chi connectivity index (χ3n) is 10.5. The molecular formula is C28H45IO2. The molecule has 3 saturated carbocycles. The van der Waals surface area contributed by atoms with Gasteiger partial charge in [-0.25, -0.2) is 4.79 Å². The van der Waals surface area contributed by atoms with Gasteiger partial charge < -0.3 is 4.74 Å². The van der Waals surface area contributed by atoms with Crippen molar-refractivity contribution in [3.8, 4) is 0 Å². The van der Waals surface area contributed by atoms with Crippen molar-refractivity contribution in [2.45, 2.75) is 111 Å². The van der Waals surface area contributed by atoms with Crippen molar-refractivity contribution < 1.29 is 9.53 Å². The van der Waals surface area contributed by atoms with Gasteiger partial charge in [0.2, 0.25) is 0 Å². The Labute approximate surface area is 204 Å². The van der Waals surface area contributed by atoms with Crippen LogP contribution < -0.4 is 0 Å². The molecule has 31 heavy (non-hydrogen) atoms. The second kappa shape index (κ2) is 9.29. The van der Waals surface area contributed by atoms with E-state index < -0.39 is 0 Å². The summed E-state index contributed by atoms with van der Waals surface area (Å²) in [5.41, 5.74) is 2.52. The average molecular weight is 541 g/mol. The Balaban J connectivity index is 1.47. The third kappa shape index (κ3) is 4.52. The fourth-order valence-electron chi connectivity index (χ4n) is 8.88. The minimum atomic E-state index is -0.145. The first-order chi connectivity index (χ1) is 14.6. The number of hydrogen-bond donors (Lipinski definition) is 0. The van der Waals surface area contributed by atoms with Crippen LogP contribution in [0.25, 0.3) is 0 Å². The fourth-order valence-corrected chi connectivity index (χ4v) is 9.24. The molecule has 0 saturated heterocycles. The zero-order valence-electron chi connectivity index (χ0n) is 20.6. The number of carbonyl (C=O) groups excluding carboxylic acids is 1. The van der Waals surface area contributed by atoms with Gasteiger partial charge in [0.1, 0.15) is 6.10 Å². The molecule has 0 heterocycles. The van der Waals surface area contributed by atoms with E-state index in [4.69, 9.17) is 4.74 Å². The molecule has 0 bridgehead atoms. The van der Waals surface area contributed by atoms with Crippen molar-refractivity contribution in [3.63, 3.8) is 0 Å². The van der Waals surface area contributed by atoms with Gasteiger partial charge in [0.05, 0.1) is 22.6 Å². The summed E-state index contributed by atoms with van der Waals surface area (Å²) in [6.07, 6.45) is 17.2. The van der Waals surface area contributed by atoms with E-state index in [1.54, 1.807) is 28.2 Å². The van der Waals surface area contributed by atoms with Crippen LogP contribution in [-0.2, 0) is 4.74 Å². The van der Waals surface area contributed by atoms with Crippen molar-refractivity contribution in [2.24, 2.45) is 46.3 Å². The zero-order valence-corrected chi connectivity index (χ0v) is 22.7. The highest BCUT2D eigenvalue weighted by Crippen LogP contribution is 2.67. The predicted octanol–water partition coefficient (Wildman–Crippen LogP) is 8.97. The van der Waals surface area contributed by atoms with Crippen LogP contribution in [0.5, 0.6) is 0 Å². The number of allylic oxidation sites excluding steroid dienone is 1. The molecule has 4 rings (SSSR count). The minimum absolute atomic E-state index is 0.108. The molecule has 4 aliphatic carbocycles. The van der Waals surface area contributed by atoms with Gasteiger partial charge in [0.15, 0.2) is 0 Å². The molecule has 3 heteroatoms.